The van der Waals surface area contributed by atoms with Crippen molar-refractivity contribution in [1.82, 2.24) is 15.1 Å². The Labute approximate surface area is 263 Å². The SMILES string of the molecule is O=C(Nc1ccccc1)Nc1cc(C(=O)N2CCNCC2)ccc1N1CCN(Cc2ccccc2-c2ccc(Cl)cc2)CC1. The summed E-state index contributed by atoms with van der Waals surface area (Å²) in [6.07, 6.45) is 0. The predicted molar refractivity (Wildman–Crippen MR) is 179 cm³/mol. The fraction of sp³-hybridized carbons (Fsp3) is 0.257. The van der Waals surface area contributed by atoms with Gasteiger partial charge in [-0.1, -0.05) is 66.2 Å². The van der Waals surface area contributed by atoms with Gasteiger partial charge in [0.1, 0.15) is 0 Å². The maximum atomic E-state index is 13.3. The van der Waals surface area contributed by atoms with Crippen LogP contribution in [-0.2, 0) is 6.54 Å². The second-order valence-electron chi connectivity index (χ2n) is 11.1. The molecule has 2 aliphatic rings. The lowest BCUT2D eigenvalue weighted by molar-refractivity contribution is 0.0736. The van der Waals surface area contributed by atoms with E-state index in [4.69, 9.17) is 11.6 Å². The molecule has 2 fully saturated rings. The van der Waals surface area contributed by atoms with Crippen LogP contribution in [0.4, 0.5) is 21.9 Å². The summed E-state index contributed by atoms with van der Waals surface area (Å²) in [6, 6.07) is 31.2. The lowest BCUT2D eigenvalue weighted by Gasteiger charge is -2.37. The largest absolute Gasteiger partial charge is 0.367 e. The summed E-state index contributed by atoms with van der Waals surface area (Å²) in [4.78, 5) is 33.0. The summed E-state index contributed by atoms with van der Waals surface area (Å²) < 4.78 is 0. The molecule has 0 atom stereocenters. The minimum Gasteiger partial charge on any atom is -0.367 e. The van der Waals surface area contributed by atoms with Crippen LogP contribution in [-0.4, -0.2) is 74.1 Å². The number of piperazine rings is 2. The third-order valence-corrected chi connectivity index (χ3v) is 8.46. The molecule has 4 aromatic carbocycles. The molecule has 2 saturated heterocycles. The van der Waals surface area contributed by atoms with Gasteiger partial charge in [0.25, 0.3) is 5.91 Å². The molecule has 2 heterocycles. The number of para-hydroxylation sites is 1. The number of carbonyl (C=O) groups excluding carboxylic acids is 2. The van der Waals surface area contributed by atoms with E-state index in [2.05, 4.69) is 62.1 Å². The summed E-state index contributed by atoms with van der Waals surface area (Å²) in [5, 5.41) is 9.96. The molecule has 0 radical (unpaired) electrons. The molecule has 0 aromatic heterocycles. The lowest BCUT2D eigenvalue weighted by atomic mass is 9.99. The van der Waals surface area contributed by atoms with Crippen LogP contribution in [0, 0.1) is 0 Å². The molecule has 44 heavy (non-hydrogen) atoms. The molecule has 6 rings (SSSR count). The normalized spacial score (nSPS) is 15.6. The topological polar surface area (TPSA) is 79.9 Å². The number of nitrogens with one attached hydrogen (secondary N) is 3. The number of hydrogen-bond acceptors (Lipinski definition) is 5. The van der Waals surface area contributed by atoms with Crippen molar-refractivity contribution in [2.75, 3.05) is 67.9 Å². The predicted octanol–water partition coefficient (Wildman–Crippen LogP) is 6.02. The standard InChI is InChI=1S/C35H37ClN6O2/c36-29-13-10-26(11-14-29)31-9-5-4-6-28(31)25-40-20-22-41(23-21-40)33-15-12-27(34(43)42-18-16-37-17-19-42)24-32(33)39-35(44)38-30-7-2-1-3-8-30/h1-15,24,37H,16-23,25H2,(H2,38,39,44). The van der Waals surface area contributed by atoms with Crippen LogP contribution in [0.25, 0.3) is 11.1 Å². The van der Waals surface area contributed by atoms with E-state index in [1.807, 2.05) is 65.6 Å². The Morgan fingerprint density at radius 1 is 0.750 bits per heavy atom. The molecule has 2 aliphatic heterocycles. The zero-order chi connectivity index (χ0) is 30.3. The van der Waals surface area contributed by atoms with Crippen LogP contribution in [0.2, 0.25) is 5.02 Å². The first-order chi connectivity index (χ1) is 21.5. The van der Waals surface area contributed by atoms with Gasteiger partial charge in [0.05, 0.1) is 11.4 Å². The summed E-state index contributed by atoms with van der Waals surface area (Å²) in [5.74, 6) is -0.0197. The maximum absolute atomic E-state index is 13.3. The zero-order valence-corrected chi connectivity index (χ0v) is 25.4. The minimum absolute atomic E-state index is 0.0197. The van der Waals surface area contributed by atoms with E-state index >= 15 is 0 Å². The number of amides is 3. The highest BCUT2D eigenvalue weighted by Gasteiger charge is 2.24. The summed E-state index contributed by atoms with van der Waals surface area (Å²) >= 11 is 6.13. The molecule has 9 heteroatoms. The molecule has 0 aliphatic carbocycles. The van der Waals surface area contributed by atoms with Crippen molar-refractivity contribution >= 4 is 40.6 Å². The van der Waals surface area contributed by atoms with Crippen molar-refractivity contribution in [2.45, 2.75) is 6.54 Å². The average molecular weight is 609 g/mol. The van der Waals surface area contributed by atoms with Crippen molar-refractivity contribution in [3.63, 3.8) is 0 Å². The van der Waals surface area contributed by atoms with Gasteiger partial charge < -0.3 is 25.8 Å². The maximum Gasteiger partial charge on any atom is 0.323 e. The van der Waals surface area contributed by atoms with Crippen LogP contribution in [0.3, 0.4) is 0 Å². The number of nitrogens with zero attached hydrogens (tertiary/aromatic N) is 3. The highest BCUT2D eigenvalue weighted by molar-refractivity contribution is 6.30. The second kappa shape index (κ2) is 13.9. The van der Waals surface area contributed by atoms with E-state index in [1.165, 1.54) is 11.1 Å². The van der Waals surface area contributed by atoms with E-state index in [1.54, 1.807) is 0 Å². The van der Waals surface area contributed by atoms with Gasteiger partial charge in [0.2, 0.25) is 0 Å². The molecule has 0 saturated carbocycles. The molecule has 226 valence electrons. The highest BCUT2D eigenvalue weighted by atomic mass is 35.5. The van der Waals surface area contributed by atoms with Gasteiger partial charge in [-0.3, -0.25) is 9.69 Å². The number of anilines is 3. The van der Waals surface area contributed by atoms with Gasteiger partial charge in [-0.2, -0.15) is 0 Å². The Kier molecular flexibility index (Phi) is 9.41. The van der Waals surface area contributed by atoms with E-state index in [0.717, 1.165) is 62.1 Å². The third-order valence-electron chi connectivity index (χ3n) is 8.21. The molecule has 0 bridgehead atoms. The average Bonchev–Trinajstić information content (AvgIpc) is 3.06. The molecule has 0 unspecified atom stereocenters. The van der Waals surface area contributed by atoms with Crippen LogP contribution in [0.1, 0.15) is 15.9 Å². The van der Waals surface area contributed by atoms with E-state index in [0.29, 0.717) is 30.0 Å². The quantitative estimate of drug-likeness (QED) is 0.239. The Morgan fingerprint density at radius 3 is 2.20 bits per heavy atom. The van der Waals surface area contributed by atoms with Gasteiger partial charge >= 0.3 is 6.03 Å². The van der Waals surface area contributed by atoms with Gasteiger partial charge in [-0.05, 0) is 59.2 Å². The van der Waals surface area contributed by atoms with E-state index in [9.17, 15) is 9.59 Å². The molecular weight excluding hydrogens is 572 g/mol. The Bertz CT molecular complexity index is 1580. The number of hydrogen-bond donors (Lipinski definition) is 3. The summed E-state index contributed by atoms with van der Waals surface area (Å²) in [7, 11) is 0. The first-order valence-corrected chi connectivity index (χ1v) is 15.5. The molecule has 0 spiro atoms. The zero-order valence-electron chi connectivity index (χ0n) is 24.6. The van der Waals surface area contributed by atoms with Crippen LogP contribution >= 0.6 is 11.6 Å². The minimum atomic E-state index is -0.346. The van der Waals surface area contributed by atoms with Crippen molar-refractivity contribution in [3.05, 3.63) is 113 Å². The Balaban J connectivity index is 1.17. The van der Waals surface area contributed by atoms with Crippen LogP contribution in [0.15, 0.2) is 97.1 Å². The van der Waals surface area contributed by atoms with Crippen molar-refractivity contribution in [1.29, 1.82) is 0 Å². The Hall–Kier alpha value is -4.37. The molecule has 3 N–H and O–H groups in total. The van der Waals surface area contributed by atoms with E-state index in [-0.39, 0.29) is 11.9 Å². The number of rotatable bonds is 7. The van der Waals surface area contributed by atoms with Crippen LogP contribution < -0.4 is 20.9 Å². The monoisotopic (exact) mass is 608 g/mol. The highest BCUT2D eigenvalue weighted by Crippen LogP contribution is 2.31. The van der Waals surface area contributed by atoms with Gasteiger partial charge in [0, 0.05) is 75.2 Å². The Morgan fingerprint density at radius 2 is 1.45 bits per heavy atom. The molecule has 3 amide bonds. The molecule has 4 aromatic rings. The number of carbonyl (C=O) groups is 2. The van der Waals surface area contributed by atoms with Gasteiger partial charge in [-0.25, -0.2) is 4.79 Å². The summed E-state index contributed by atoms with van der Waals surface area (Å²) in [6.45, 7) is 7.06. The van der Waals surface area contributed by atoms with Crippen molar-refractivity contribution in [2.24, 2.45) is 0 Å². The third kappa shape index (κ3) is 7.22. The summed E-state index contributed by atoms with van der Waals surface area (Å²) in [5.41, 5.74) is 6.46. The number of halogens is 1. The first kappa shape index (κ1) is 29.7. The fourth-order valence-electron chi connectivity index (χ4n) is 5.86. The molecular formula is C35H37ClN6O2. The van der Waals surface area contributed by atoms with Gasteiger partial charge in [-0.15, -0.1) is 0 Å². The van der Waals surface area contributed by atoms with Gasteiger partial charge in [0.15, 0.2) is 0 Å². The number of benzene rings is 4. The smallest absolute Gasteiger partial charge is 0.323 e. The van der Waals surface area contributed by atoms with E-state index < -0.39 is 0 Å². The molecule has 8 nitrogen and oxygen atoms in total. The van der Waals surface area contributed by atoms with Crippen LogP contribution in [0.5, 0.6) is 0 Å². The van der Waals surface area contributed by atoms with Crippen molar-refractivity contribution in [3.8, 4) is 11.1 Å². The van der Waals surface area contributed by atoms with Crippen molar-refractivity contribution < 1.29 is 9.59 Å². The lowest BCUT2D eigenvalue weighted by Crippen LogP contribution is -2.47. The fourth-order valence-corrected chi connectivity index (χ4v) is 5.98. The first-order valence-electron chi connectivity index (χ1n) is 15.1. The second-order valence-corrected chi connectivity index (χ2v) is 11.6. The number of urea groups is 1.